The zero-order chi connectivity index (χ0) is 23.2. The molecule has 6 heteroatoms. The Morgan fingerprint density at radius 3 is 2.47 bits per heavy atom. The largest absolute Gasteiger partial charge is 0.482 e. The number of pyridine rings is 1. The fraction of sp³-hybridized carbons (Fsp3) is 0.308. The maximum Gasteiger partial charge on any atom is 0.258 e. The highest BCUT2D eigenvalue weighted by Gasteiger charge is 2.18. The molecule has 2 heterocycles. The van der Waals surface area contributed by atoms with Gasteiger partial charge in [-0.25, -0.2) is 0 Å². The summed E-state index contributed by atoms with van der Waals surface area (Å²) in [5, 5.41) is 2.00. The molecular weight excluding hydrogens is 402 g/mol. The van der Waals surface area contributed by atoms with Gasteiger partial charge in [0.15, 0.2) is 5.88 Å². The second-order valence-electron chi connectivity index (χ2n) is 8.42. The molecule has 6 nitrogen and oxygen atoms in total. The van der Waals surface area contributed by atoms with E-state index in [2.05, 4.69) is 13.8 Å². The number of amides is 1. The van der Waals surface area contributed by atoms with Crippen LogP contribution in [0.2, 0.25) is 0 Å². The fourth-order valence-corrected chi connectivity index (χ4v) is 4.36. The summed E-state index contributed by atoms with van der Waals surface area (Å²) >= 11 is 0. The number of fused-ring (bicyclic) bond motifs is 2. The van der Waals surface area contributed by atoms with Gasteiger partial charge < -0.3 is 18.8 Å². The Kier molecular flexibility index (Phi) is 5.55. The lowest BCUT2D eigenvalue weighted by Crippen LogP contribution is -2.26. The number of nitrogens with zero attached hydrogens (tertiary/aromatic N) is 3. The van der Waals surface area contributed by atoms with E-state index < -0.39 is 0 Å². The van der Waals surface area contributed by atoms with Crippen molar-refractivity contribution in [2.24, 2.45) is 7.05 Å². The number of benzene rings is 2. The summed E-state index contributed by atoms with van der Waals surface area (Å²) in [6.07, 6.45) is 0. The van der Waals surface area contributed by atoms with E-state index >= 15 is 0 Å². The molecule has 0 unspecified atom stereocenters. The van der Waals surface area contributed by atoms with Gasteiger partial charge in [-0.15, -0.1) is 0 Å². The molecule has 0 spiro atoms. The van der Waals surface area contributed by atoms with Crippen LogP contribution in [0.5, 0.6) is 5.88 Å². The van der Waals surface area contributed by atoms with E-state index in [-0.39, 0.29) is 17.4 Å². The maximum absolute atomic E-state index is 13.4. The molecule has 0 saturated carbocycles. The van der Waals surface area contributed by atoms with Crippen molar-refractivity contribution in [3.8, 4) is 5.88 Å². The molecule has 4 aromatic rings. The summed E-state index contributed by atoms with van der Waals surface area (Å²) in [4.78, 5) is 27.6. The summed E-state index contributed by atoms with van der Waals surface area (Å²) < 4.78 is 9.11. The lowest BCUT2D eigenvalue weighted by atomic mass is 9.97. The van der Waals surface area contributed by atoms with Crippen LogP contribution >= 0.6 is 0 Å². The Morgan fingerprint density at radius 2 is 1.81 bits per heavy atom. The minimum atomic E-state index is -0.101. The van der Waals surface area contributed by atoms with E-state index in [1.54, 1.807) is 35.8 Å². The Hall–Kier alpha value is -3.54. The van der Waals surface area contributed by atoms with Crippen LogP contribution in [0.4, 0.5) is 5.69 Å². The lowest BCUT2D eigenvalue weighted by molar-refractivity contribution is 0.0993. The van der Waals surface area contributed by atoms with Crippen LogP contribution in [0.3, 0.4) is 0 Å². The molecule has 0 radical (unpaired) electrons. The van der Waals surface area contributed by atoms with Crippen molar-refractivity contribution < 1.29 is 9.53 Å². The molecule has 0 bridgehead atoms. The van der Waals surface area contributed by atoms with Gasteiger partial charge in [-0.05, 0) is 48.7 Å². The topological polar surface area (TPSA) is 56.5 Å². The van der Waals surface area contributed by atoms with Crippen molar-refractivity contribution >= 4 is 33.4 Å². The predicted octanol–water partition coefficient (Wildman–Crippen LogP) is 4.92. The van der Waals surface area contributed by atoms with Crippen LogP contribution in [-0.4, -0.2) is 29.2 Å². The average Bonchev–Trinajstić information content (AvgIpc) is 3.12. The van der Waals surface area contributed by atoms with Crippen molar-refractivity contribution in [2.75, 3.05) is 19.1 Å². The molecule has 4 rings (SSSR count). The first kappa shape index (κ1) is 21.7. The van der Waals surface area contributed by atoms with E-state index in [1.165, 1.54) is 0 Å². The van der Waals surface area contributed by atoms with Crippen LogP contribution in [0.15, 0.2) is 53.3 Å². The average molecular weight is 432 g/mol. The van der Waals surface area contributed by atoms with Crippen LogP contribution in [0.1, 0.15) is 42.6 Å². The third-order valence-electron chi connectivity index (χ3n) is 6.21. The lowest BCUT2D eigenvalue weighted by Gasteiger charge is -2.20. The molecule has 32 heavy (non-hydrogen) atoms. The fourth-order valence-electron chi connectivity index (χ4n) is 4.36. The first-order valence-corrected chi connectivity index (χ1v) is 10.9. The number of carbonyl (C=O) groups excluding carboxylic acids is 1. The van der Waals surface area contributed by atoms with E-state index in [9.17, 15) is 9.59 Å². The molecule has 166 valence electrons. The van der Waals surface area contributed by atoms with Gasteiger partial charge in [0.05, 0.1) is 18.1 Å². The molecule has 2 aromatic heterocycles. The highest BCUT2D eigenvalue weighted by Crippen LogP contribution is 2.29. The van der Waals surface area contributed by atoms with E-state index in [1.807, 2.05) is 54.9 Å². The molecular formula is C26H29N3O3. The van der Waals surface area contributed by atoms with Crippen molar-refractivity contribution in [3.63, 3.8) is 0 Å². The monoisotopic (exact) mass is 431 g/mol. The molecule has 0 fully saturated rings. The Balaban J connectivity index is 1.78. The SMILES string of the molecule is CCn1c(=O)cc(C(C)C)c2cc(C(=O)N(C)c3ccc4cc(OC)n(C)c4c3)ccc21. The number of ether oxygens (including phenoxy) is 1. The highest BCUT2D eigenvalue weighted by atomic mass is 16.5. The number of rotatable bonds is 5. The predicted molar refractivity (Wildman–Crippen MR) is 130 cm³/mol. The molecule has 0 aliphatic heterocycles. The number of hydrogen-bond donors (Lipinski definition) is 0. The summed E-state index contributed by atoms with van der Waals surface area (Å²) in [6, 6.07) is 15.2. The van der Waals surface area contributed by atoms with Gasteiger partial charge in [-0.3, -0.25) is 9.59 Å². The highest BCUT2D eigenvalue weighted by molar-refractivity contribution is 6.08. The van der Waals surface area contributed by atoms with Crippen LogP contribution < -0.4 is 15.2 Å². The number of anilines is 1. The molecule has 2 aromatic carbocycles. The quantitative estimate of drug-likeness (QED) is 0.451. The summed E-state index contributed by atoms with van der Waals surface area (Å²) in [5.74, 6) is 0.842. The second kappa shape index (κ2) is 8.19. The zero-order valence-corrected chi connectivity index (χ0v) is 19.5. The first-order valence-electron chi connectivity index (χ1n) is 10.9. The normalized spacial score (nSPS) is 11.5. The minimum absolute atomic E-state index is 0.00815. The third-order valence-corrected chi connectivity index (χ3v) is 6.21. The molecule has 0 aliphatic carbocycles. The van der Waals surface area contributed by atoms with Crippen molar-refractivity contribution in [1.82, 2.24) is 9.13 Å². The number of aromatic nitrogens is 2. The molecule has 1 amide bonds. The number of carbonyl (C=O) groups is 1. The van der Waals surface area contributed by atoms with Crippen molar-refractivity contribution in [1.29, 1.82) is 0 Å². The zero-order valence-electron chi connectivity index (χ0n) is 19.5. The molecule has 0 saturated heterocycles. The number of aryl methyl sites for hydroxylation is 2. The molecule has 0 atom stereocenters. The van der Waals surface area contributed by atoms with E-state index in [4.69, 9.17) is 4.74 Å². The van der Waals surface area contributed by atoms with E-state index in [0.717, 1.165) is 38.9 Å². The van der Waals surface area contributed by atoms with Crippen molar-refractivity contribution in [3.05, 3.63) is 70.0 Å². The van der Waals surface area contributed by atoms with Crippen LogP contribution in [-0.2, 0) is 13.6 Å². The van der Waals surface area contributed by atoms with Crippen LogP contribution in [0.25, 0.3) is 21.8 Å². The number of methoxy groups -OCH3 is 1. The van der Waals surface area contributed by atoms with Gasteiger partial charge in [0.2, 0.25) is 0 Å². The minimum Gasteiger partial charge on any atom is -0.482 e. The Labute approximate surface area is 187 Å². The van der Waals surface area contributed by atoms with E-state index in [0.29, 0.717) is 12.1 Å². The van der Waals surface area contributed by atoms with Gasteiger partial charge in [-0.2, -0.15) is 0 Å². The summed E-state index contributed by atoms with van der Waals surface area (Å²) in [7, 11) is 5.37. The maximum atomic E-state index is 13.4. The van der Waals surface area contributed by atoms with Gasteiger partial charge in [0, 0.05) is 54.8 Å². The standard InChI is InChI=1S/C26H29N3O3/c1-7-29-22-11-9-18(12-21(22)20(16(2)3)15-24(29)30)26(31)27(4)19-10-8-17-13-25(32-6)28(5)23(17)14-19/h8-16H,7H2,1-6H3. The molecule has 0 N–H and O–H groups in total. The Bertz CT molecular complexity index is 1400. The smallest absolute Gasteiger partial charge is 0.258 e. The molecule has 0 aliphatic rings. The summed E-state index contributed by atoms with van der Waals surface area (Å²) in [6.45, 7) is 6.67. The first-order chi connectivity index (χ1) is 15.3. The van der Waals surface area contributed by atoms with Crippen LogP contribution in [0, 0.1) is 0 Å². The second-order valence-corrected chi connectivity index (χ2v) is 8.42. The third kappa shape index (κ3) is 3.45. The van der Waals surface area contributed by atoms with Gasteiger partial charge in [0.25, 0.3) is 11.5 Å². The summed E-state index contributed by atoms with van der Waals surface area (Å²) in [5.41, 5.74) is 4.20. The Morgan fingerprint density at radius 1 is 1.06 bits per heavy atom. The van der Waals surface area contributed by atoms with Gasteiger partial charge >= 0.3 is 0 Å². The van der Waals surface area contributed by atoms with Gasteiger partial charge in [0.1, 0.15) is 0 Å². The van der Waals surface area contributed by atoms with Gasteiger partial charge in [-0.1, -0.05) is 19.9 Å². The number of hydrogen-bond acceptors (Lipinski definition) is 3. The van der Waals surface area contributed by atoms with Crippen molar-refractivity contribution in [2.45, 2.75) is 33.2 Å².